The number of oxime groups is 1. The van der Waals surface area contributed by atoms with Crippen molar-refractivity contribution in [1.29, 1.82) is 0 Å². The van der Waals surface area contributed by atoms with Crippen molar-refractivity contribution in [3.8, 4) is 0 Å². The van der Waals surface area contributed by atoms with E-state index in [9.17, 15) is 19.6 Å². The summed E-state index contributed by atoms with van der Waals surface area (Å²) in [5, 5.41) is 29.4. The SMILES string of the molecule is Cc1cccc(CC2(C(=O)NC(CC(C)C)B(O)O)CC(CNC(=O)c3cccn4ccnc34)=NO2)c1. The summed E-state index contributed by atoms with van der Waals surface area (Å²) in [6, 6.07) is 11.2. The van der Waals surface area contributed by atoms with E-state index < -0.39 is 24.6 Å². The van der Waals surface area contributed by atoms with Crippen LogP contribution in [0.3, 0.4) is 0 Å². The molecule has 2 amide bonds. The van der Waals surface area contributed by atoms with Crippen molar-refractivity contribution in [2.75, 3.05) is 6.54 Å². The molecule has 3 heterocycles. The number of carbonyl (C=O) groups is 2. The van der Waals surface area contributed by atoms with Crippen molar-refractivity contribution in [3.05, 3.63) is 71.7 Å². The second-order valence-corrected chi connectivity index (χ2v) is 9.97. The lowest BCUT2D eigenvalue weighted by Crippen LogP contribution is -2.56. The average Bonchev–Trinajstić information content (AvgIpc) is 3.49. The minimum absolute atomic E-state index is 0.0848. The van der Waals surface area contributed by atoms with Gasteiger partial charge in [0.25, 0.3) is 11.8 Å². The quantitative estimate of drug-likeness (QED) is 0.310. The van der Waals surface area contributed by atoms with Crippen LogP contribution in [0.5, 0.6) is 0 Å². The third kappa shape index (κ3) is 6.18. The highest BCUT2D eigenvalue weighted by molar-refractivity contribution is 6.43. The average molecular weight is 505 g/mol. The predicted octanol–water partition coefficient (Wildman–Crippen LogP) is 1.67. The van der Waals surface area contributed by atoms with Crippen molar-refractivity contribution < 1.29 is 24.5 Å². The summed E-state index contributed by atoms with van der Waals surface area (Å²) in [7, 11) is -1.71. The molecule has 2 atom stereocenters. The predicted molar refractivity (Wildman–Crippen MR) is 140 cm³/mol. The van der Waals surface area contributed by atoms with Crippen LogP contribution < -0.4 is 10.6 Å². The number of aromatic nitrogens is 2. The molecule has 2 unspecified atom stereocenters. The maximum atomic E-state index is 13.5. The van der Waals surface area contributed by atoms with E-state index in [0.717, 1.165) is 11.1 Å². The summed E-state index contributed by atoms with van der Waals surface area (Å²) >= 11 is 0. The second kappa shape index (κ2) is 11.1. The van der Waals surface area contributed by atoms with E-state index in [-0.39, 0.29) is 31.2 Å². The second-order valence-electron chi connectivity index (χ2n) is 9.97. The zero-order chi connectivity index (χ0) is 26.6. The Hall–Kier alpha value is -3.70. The number of benzene rings is 1. The Morgan fingerprint density at radius 1 is 1.22 bits per heavy atom. The summed E-state index contributed by atoms with van der Waals surface area (Å²) < 4.78 is 1.76. The van der Waals surface area contributed by atoms with E-state index in [1.807, 2.05) is 51.2 Å². The standard InChI is InChI=1S/C26H32BN5O5/c1-17(2)12-22(27(35)36)30-25(34)26(14-19-7-4-6-18(3)13-19)15-20(31-37-26)16-29-24(33)21-8-5-10-32-11-9-28-23(21)32/h4-11,13,17,22,35-36H,12,14-16H2,1-3H3,(H,29,33)(H,30,34). The Balaban J connectivity index is 1.50. The Labute approximate surface area is 215 Å². The van der Waals surface area contributed by atoms with Gasteiger partial charge in [-0.1, -0.05) is 48.8 Å². The first-order chi connectivity index (χ1) is 17.7. The third-order valence-corrected chi connectivity index (χ3v) is 6.34. The van der Waals surface area contributed by atoms with Crippen LogP contribution in [0, 0.1) is 12.8 Å². The van der Waals surface area contributed by atoms with Crippen molar-refractivity contribution >= 4 is 30.3 Å². The molecular weight excluding hydrogens is 473 g/mol. The summed E-state index contributed by atoms with van der Waals surface area (Å²) in [6.45, 7) is 5.92. The van der Waals surface area contributed by atoms with Crippen molar-refractivity contribution in [3.63, 3.8) is 0 Å². The highest BCUT2D eigenvalue weighted by atomic mass is 16.7. The lowest BCUT2D eigenvalue weighted by molar-refractivity contribution is -0.144. The van der Waals surface area contributed by atoms with Gasteiger partial charge in [-0.3, -0.25) is 9.59 Å². The van der Waals surface area contributed by atoms with E-state index in [1.54, 1.807) is 28.9 Å². The zero-order valence-electron chi connectivity index (χ0n) is 21.2. The Bertz CT molecular complexity index is 1310. The van der Waals surface area contributed by atoms with Crippen LogP contribution in [0.25, 0.3) is 5.65 Å². The van der Waals surface area contributed by atoms with Crippen molar-refractivity contribution in [2.45, 2.75) is 51.6 Å². The zero-order valence-corrected chi connectivity index (χ0v) is 21.2. The lowest BCUT2D eigenvalue weighted by Gasteiger charge is -2.29. The van der Waals surface area contributed by atoms with Gasteiger partial charge in [-0.25, -0.2) is 4.98 Å². The molecule has 1 aliphatic rings. The Morgan fingerprint density at radius 3 is 2.76 bits per heavy atom. The monoisotopic (exact) mass is 505 g/mol. The van der Waals surface area contributed by atoms with E-state index in [4.69, 9.17) is 4.84 Å². The molecule has 1 aromatic carbocycles. The fourth-order valence-corrected chi connectivity index (χ4v) is 4.56. The van der Waals surface area contributed by atoms with Gasteiger partial charge in [-0.2, -0.15) is 0 Å². The number of fused-ring (bicyclic) bond motifs is 1. The van der Waals surface area contributed by atoms with Gasteiger partial charge in [-0.05, 0) is 37.0 Å². The number of aryl methyl sites for hydroxylation is 1. The Kier molecular flexibility index (Phi) is 7.94. The molecule has 10 nitrogen and oxygen atoms in total. The summed E-state index contributed by atoms with van der Waals surface area (Å²) in [6.07, 6.45) is 5.93. The van der Waals surface area contributed by atoms with Gasteiger partial charge < -0.3 is 29.9 Å². The number of imidazole rings is 1. The van der Waals surface area contributed by atoms with Gasteiger partial charge in [0, 0.05) is 31.4 Å². The van der Waals surface area contributed by atoms with Gasteiger partial charge in [-0.15, -0.1) is 0 Å². The van der Waals surface area contributed by atoms with Gasteiger partial charge in [0.15, 0.2) is 0 Å². The molecule has 194 valence electrons. The van der Waals surface area contributed by atoms with Gasteiger partial charge >= 0.3 is 7.12 Å². The first kappa shape index (κ1) is 26.4. The van der Waals surface area contributed by atoms with E-state index >= 15 is 0 Å². The molecule has 11 heteroatoms. The molecule has 0 spiro atoms. The van der Waals surface area contributed by atoms with Crippen molar-refractivity contribution in [2.24, 2.45) is 11.1 Å². The molecule has 2 aromatic heterocycles. The van der Waals surface area contributed by atoms with Gasteiger partial charge in [0.05, 0.1) is 23.8 Å². The molecule has 37 heavy (non-hydrogen) atoms. The molecule has 0 fully saturated rings. The van der Waals surface area contributed by atoms with E-state index in [2.05, 4.69) is 20.8 Å². The molecule has 0 aliphatic carbocycles. The number of hydrogen-bond acceptors (Lipinski definition) is 7. The van der Waals surface area contributed by atoms with Crippen LogP contribution in [0.1, 0.15) is 48.2 Å². The van der Waals surface area contributed by atoms with Gasteiger partial charge in [0.2, 0.25) is 5.60 Å². The molecule has 3 aromatic rings. The minimum atomic E-state index is -1.71. The number of nitrogens with one attached hydrogen (secondary N) is 2. The molecular formula is C26H32BN5O5. The largest absolute Gasteiger partial charge is 0.475 e. The topological polar surface area (TPSA) is 138 Å². The number of pyridine rings is 1. The van der Waals surface area contributed by atoms with Crippen LogP contribution in [-0.2, 0) is 16.1 Å². The summed E-state index contributed by atoms with van der Waals surface area (Å²) in [4.78, 5) is 36.4. The maximum Gasteiger partial charge on any atom is 0.475 e. The molecule has 0 radical (unpaired) electrons. The number of rotatable bonds is 10. The van der Waals surface area contributed by atoms with Crippen LogP contribution in [0.15, 0.2) is 60.1 Å². The summed E-state index contributed by atoms with van der Waals surface area (Å²) in [5.41, 5.74) is 1.99. The maximum absolute atomic E-state index is 13.5. The number of nitrogens with zero attached hydrogens (tertiary/aromatic N) is 3. The molecule has 1 aliphatic heterocycles. The van der Waals surface area contributed by atoms with Crippen LogP contribution in [0.2, 0.25) is 0 Å². The minimum Gasteiger partial charge on any atom is -0.426 e. The Morgan fingerprint density at radius 2 is 2.03 bits per heavy atom. The van der Waals surface area contributed by atoms with Crippen LogP contribution >= 0.6 is 0 Å². The van der Waals surface area contributed by atoms with Crippen LogP contribution in [-0.4, -0.2) is 62.2 Å². The molecule has 4 N–H and O–H groups in total. The fourth-order valence-electron chi connectivity index (χ4n) is 4.56. The van der Waals surface area contributed by atoms with E-state index in [0.29, 0.717) is 23.3 Å². The summed E-state index contributed by atoms with van der Waals surface area (Å²) in [5.74, 6) is -1.53. The smallest absolute Gasteiger partial charge is 0.426 e. The molecule has 0 saturated heterocycles. The first-order valence-electron chi connectivity index (χ1n) is 12.3. The lowest BCUT2D eigenvalue weighted by atomic mass is 9.74. The third-order valence-electron chi connectivity index (χ3n) is 6.34. The number of carbonyl (C=O) groups excluding carboxylic acids is 2. The van der Waals surface area contributed by atoms with Crippen molar-refractivity contribution in [1.82, 2.24) is 20.0 Å². The number of amides is 2. The van der Waals surface area contributed by atoms with E-state index in [1.165, 1.54) is 0 Å². The van der Waals surface area contributed by atoms with Crippen LogP contribution in [0.4, 0.5) is 0 Å². The molecule has 0 saturated carbocycles. The molecule has 0 bridgehead atoms. The highest BCUT2D eigenvalue weighted by Gasteiger charge is 2.48. The first-order valence-corrected chi connectivity index (χ1v) is 12.3. The fraction of sp³-hybridized carbons (Fsp3) is 0.385. The normalized spacial score (nSPS) is 17.8. The van der Waals surface area contributed by atoms with Gasteiger partial charge in [0.1, 0.15) is 5.65 Å². The highest BCUT2D eigenvalue weighted by Crippen LogP contribution is 2.30. The molecule has 4 rings (SSSR count). The number of hydrogen-bond donors (Lipinski definition) is 4.